The number of aliphatic hydroxyl groups is 2. The molecule has 0 aliphatic heterocycles. The summed E-state index contributed by atoms with van der Waals surface area (Å²) in [5.74, 6) is 0.102. The Morgan fingerprint density at radius 2 is 0.808 bits per heavy atom. The Kier molecular flexibility index (Phi) is 24.5. The van der Waals surface area contributed by atoms with Crippen molar-refractivity contribution in [3.63, 3.8) is 0 Å². The van der Waals surface area contributed by atoms with Crippen molar-refractivity contribution in [3.8, 4) is 0 Å². The van der Waals surface area contributed by atoms with E-state index in [1.807, 2.05) is 0 Å². The second-order valence-electron chi connectivity index (χ2n) is 5.27. The van der Waals surface area contributed by atoms with Gasteiger partial charge in [0.15, 0.2) is 11.6 Å². The average molecular weight is 553 g/mol. The molecule has 8 heteroatoms. The van der Waals surface area contributed by atoms with Crippen LogP contribution in [0, 0.1) is 5.92 Å². The summed E-state index contributed by atoms with van der Waals surface area (Å²) in [5, 5.41) is 17.3. The molecular weight excluding hydrogens is 520 g/mol. The van der Waals surface area contributed by atoms with E-state index in [0.29, 0.717) is 17.1 Å². The first-order valence-corrected chi connectivity index (χ1v) is 7.26. The predicted octanol–water partition coefficient (Wildman–Crippen LogP) is 2.69. The Morgan fingerprint density at radius 3 is 0.808 bits per heavy atom. The van der Waals surface area contributed by atoms with Gasteiger partial charge in [-0.15, -0.1) is 0 Å². The minimum absolute atomic E-state index is 0. The van der Waals surface area contributed by atoms with E-state index in [9.17, 15) is 19.2 Å². The molecule has 0 rings (SSSR count). The molecule has 0 aromatic heterocycles. The van der Waals surface area contributed by atoms with E-state index in [1.54, 1.807) is 13.8 Å². The van der Waals surface area contributed by atoms with Gasteiger partial charge >= 0.3 is 0 Å². The van der Waals surface area contributed by atoms with Crippen molar-refractivity contribution in [2.45, 2.75) is 62.3 Å². The van der Waals surface area contributed by atoms with Crippen LogP contribution in [-0.2, 0) is 44.8 Å². The van der Waals surface area contributed by atoms with Gasteiger partial charge < -0.3 is 25.3 Å². The molecule has 0 unspecified atom stereocenters. The topological polar surface area (TPSA) is 142 Å². The summed E-state index contributed by atoms with van der Waals surface area (Å²) in [5.41, 5.74) is 0.870. The number of hydrogen-bond donors (Lipinski definition) is 2. The second kappa shape index (κ2) is 18.0. The van der Waals surface area contributed by atoms with Crippen molar-refractivity contribution >= 4 is 23.1 Å². The first-order chi connectivity index (χ1) is 10.7. The quantitative estimate of drug-likeness (QED) is 0.181. The zero-order chi connectivity index (χ0) is 20.2. The number of aliphatic hydroxyl groups excluding tert-OH is 2. The zero-order valence-electron chi connectivity index (χ0n) is 16.9. The third kappa shape index (κ3) is 20.3. The summed E-state index contributed by atoms with van der Waals surface area (Å²) in [6, 6.07) is 0. The maximum Gasteiger partial charge on any atom is 0.158 e. The molecule has 0 amide bonds. The van der Waals surface area contributed by atoms with E-state index in [0.717, 1.165) is 0 Å². The van der Waals surface area contributed by atoms with Gasteiger partial charge in [0.2, 0.25) is 0 Å². The van der Waals surface area contributed by atoms with Crippen molar-refractivity contribution in [3.05, 3.63) is 28.6 Å². The third-order valence-corrected chi connectivity index (χ3v) is 3.20. The molecule has 7 nitrogen and oxygen atoms in total. The van der Waals surface area contributed by atoms with E-state index < -0.39 is 0 Å². The average Bonchev–Trinajstić information content (AvgIpc) is 2.45. The molecule has 155 valence electrons. The van der Waals surface area contributed by atoms with Crippen molar-refractivity contribution in [1.29, 1.82) is 0 Å². The maximum absolute atomic E-state index is 10.4. The van der Waals surface area contributed by atoms with Crippen LogP contribution >= 0.6 is 0 Å². The second-order valence-corrected chi connectivity index (χ2v) is 5.27. The fourth-order valence-electron chi connectivity index (χ4n) is 0.757. The Hall–Kier alpha value is -1.76. The molecule has 26 heavy (non-hydrogen) atoms. The van der Waals surface area contributed by atoms with Gasteiger partial charge in [0.25, 0.3) is 0 Å². The largest absolute Gasteiger partial charge is 0.512 e. The van der Waals surface area contributed by atoms with Crippen LogP contribution in [0.2, 0.25) is 0 Å². The van der Waals surface area contributed by atoms with Crippen molar-refractivity contribution in [2.75, 3.05) is 0 Å². The molecule has 0 aliphatic rings. The Balaban J connectivity index is -0.0000000817. The molecule has 1 radical (unpaired) electrons. The molecule has 0 saturated carbocycles. The van der Waals surface area contributed by atoms with E-state index in [2.05, 4.69) is 0 Å². The number of ketones is 4. The van der Waals surface area contributed by atoms with Gasteiger partial charge in [-0.3, -0.25) is 15.5 Å². The third-order valence-electron chi connectivity index (χ3n) is 3.20. The number of rotatable bonds is 4. The van der Waals surface area contributed by atoms with Crippen LogP contribution < -0.4 is 0 Å². The Morgan fingerprint density at radius 1 is 0.615 bits per heavy atom. The van der Waals surface area contributed by atoms with Gasteiger partial charge in [-0.2, -0.15) is 6.92 Å². The van der Waals surface area contributed by atoms with Crippen LogP contribution in [0.3, 0.4) is 0 Å². The molecule has 0 aliphatic carbocycles. The molecule has 0 heterocycles. The molecule has 0 saturated heterocycles. The van der Waals surface area contributed by atoms with E-state index >= 15 is 0 Å². The van der Waals surface area contributed by atoms with Crippen LogP contribution in [0.1, 0.15) is 62.3 Å². The Bertz CT molecular complexity index is 490. The van der Waals surface area contributed by atoms with Gasteiger partial charge in [-0.25, -0.2) is 0 Å². The summed E-state index contributed by atoms with van der Waals surface area (Å²) in [6.07, 6.45) is 0. The molecule has 0 bridgehead atoms. The Labute approximate surface area is 169 Å². The summed E-state index contributed by atoms with van der Waals surface area (Å²) >= 11 is 0. The predicted molar refractivity (Wildman–Crippen MR) is 98.5 cm³/mol. The van der Waals surface area contributed by atoms with E-state index in [-0.39, 0.29) is 60.2 Å². The van der Waals surface area contributed by atoms with Gasteiger partial charge in [0, 0.05) is 42.8 Å². The van der Waals surface area contributed by atoms with Crippen molar-refractivity contribution in [2.24, 2.45) is 0 Å². The number of carbonyl (C=O) groups excluding carboxylic acids is 4. The SMILES string of the molecule is CC(=O)/C(C)=C(/C)O.CC(=O)/C(C)=C(/C)O.CC(=O)[C-](C)C(C)=O.[Ir].[OH3+]. The number of carbonyl (C=O) groups is 4. The molecule has 5 N–H and O–H groups in total. The normalized spacial score (nSPS) is 10.5. The van der Waals surface area contributed by atoms with Crippen LogP contribution in [0.5, 0.6) is 0 Å². The van der Waals surface area contributed by atoms with Gasteiger partial charge in [-0.05, 0) is 55.4 Å². The van der Waals surface area contributed by atoms with Crippen LogP contribution in [0.25, 0.3) is 0 Å². The number of allylic oxidation sites excluding steroid dienone is 4. The summed E-state index contributed by atoms with van der Waals surface area (Å²) in [7, 11) is 0. The minimum Gasteiger partial charge on any atom is -0.512 e. The van der Waals surface area contributed by atoms with Crippen LogP contribution in [0.4, 0.5) is 0 Å². The molecule has 0 atom stereocenters. The summed E-state index contributed by atoms with van der Waals surface area (Å²) < 4.78 is 0. The van der Waals surface area contributed by atoms with Gasteiger partial charge in [0.1, 0.15) is 0 Å². The maximum atomic E-state index is 10.4. The fraction of sp³-hybridized carbons (Fsp3) is 0.500. The standard InChI is InChI=1S/2C6H10O2.C6H9O2.Ir.H2O/c3*1-4(5(2)7)6(3)8;;/h2*7H,1-3H3;1-3H3;;1H2/q;;-1;;/p+1/b2*5-4-;;;. The first-order valence-electron chi connectivity index (χ1n) is 7.26. The van der Waals surface area contributed by atoms with Gasteiger partial charge in [-0.1, -0.05) is 0 Å². The molecular formula is C18H32IrO7. The van der Waals surface area contributed by atoms with E-state index in [4.69, 9.17) is 10.2 Å². The van der Waals surface area contributed by atoms with Crippen molar-refractivity contribution < 1.29 is 55.0 Å². The minimum atomic E-state index is -0.141. The van der Waals surface area contributed by atoms with Crippen molar-refractivity contribution in [1.82, 2.24) is 0 Å². The first kappa shape index (κ1) is 35.4. The fourth-order valence-corrected chi connectivity index (χ4v) is 0.757. The number of hydrogen-bond acceptors (Lipinski definition) is 6. The molecule has 0 aromatic carbocycles. The van der Waals surface area contributed by atoms with Crippen LogP contribution in [0.15, 0.2) is 22.7 Å². The zero-order valence-corrected chi connectivity index (χ0v) is 19.3. The van der Waals surface area contributed by atoms with Gasteiger partial charge in [0.05, 0.1) is 11.5 Å². The monoisotopic (exact) mass is 553 g/mol. The smallest absolute Gasteiger partial charge is 0.158 e. The molecule has 0 fully saturated rings. The van der Waals surface area contributed by atoms with E-state index in [1.165, 1.54) is 48.5 Å². The molecule has 0 spiro atoms. The number of Topliss-reactive ketones (excluding diaryl/α,β-unsaturated/α-hetero) is 4. The molecule has 0 aromatic rings. The van der Waals surface area contributed by atoms with Crippen LogP contribution in [-0.4, -0.2) is 33.3 Å². The summed E-state index contributed by atoms with van der Waals surface area (Å²) in [6.45, 7) is 13.3. The summed E-state index contributed by atoms with van der Waals surface area (Å²) in [4.78, 5) is 41.4.